The quantitative estimate of drug-likeness (QED) is 0.208. The number of rotatable bonds is 10. The number of hydrogen-bond acceptors (Lipinski definition) is 3. The van der Waals surface area contributed by atoms with Crippen molar-refractivity contribution in [2.24, 2.45) is 11.7 Å². The third kappa shape index (κ3) is 7.08. The van der Waals surface area contributed by atoms with Gasteiger partial charge in [0.05, 0.1) is 17.7 Å². The SMILES string of the molecule is NC(OCc1cc(C(F)(F)F)cc(C(F)(F)F)c1)C(CNC=O)C(c1ccccc1)c1ccccc1. The van der Waals surface area contributed by atoms with E-state index < -0.39 is 42.2 Å². The number of alkyl halides is 6. The summed E-state index contributed by atoms with van der Waals surface area (Å²) in [6.45, 7) is -0.544. The Kier molecular flexibility index (Phi) is 8.75. The van der Waals surface area contributed by atoms with Gasteiger partial charge in [-0.05, 0) is 34.9 Å². The van der Waals surface area contributed by atoms with Crippen LogP contribution in [-0.4, -0.2) is 19.2 Å². The number of hydrogen-bond donors (Lipinski definition) is 2. The molecule has 2 atom stereocenters. The molecule has 4 nitrogen and oxygen atoms in total. The summed E-state index contributed by atoms with van der Waals surface area (Å²) in [4.78, 5) is 11.1. The number of nitrogens with one attached hydrogen (secondary N) is 1. The van der Waals surface area contributed by atoms with Gasteiger partial charge < -0.3 is 15.8 Å². The van der Waals surface area contributed by atoms with Gasteiger partial charge in [0.15, 0.2) is 0 Å². The van der Waals surface area contributed by atoms with Crippen molar-refractivity contribution in [1.29, 1.82) is 0 Å². The zero-order valence-corrected chi connectivity index (χ0v) is 18.9. The van der Waals surface area contributed by atoms with Crippen molar-refractivity contribution >= 4 is 6.41 Å². The second-order valence-corrected chi connectivity index (χ2v) is 8.18. The van der Waals surface area contributed by atoms with Gasteiger partial charge in [0, 0.05) is 18.4 Å². The van der Waals surface area contributed by atoms with Gasteiger partial charge >= 0.3 is 12.4 Å². The van der Waals surface area contributed by atoms with Crippen LogP contribution in [0.15, 0.2) is 78.9 Å². The second-order valence-electron chi connectivity index (χ2n) is 8.18. The van der Waals surface area contributed by atoms with Crippen molar-refractivity contribution in [3.05, 3.63) is 107 Å². The van der Waals surface area contributed by atoms with Crippen LogP contribution in [0, 0.1) is 5.92 Å². The van der Waals surface area contributed by atoms with Crippen molar-refractivity contribution in [2.45, 2.75) is 31.1 Å². The van der Waals surface area contributed by atoms with Crippen LogP contribution in [-0.2, 0) is 28.5 Å². The van der Waals surface area contributed by atoms with Gasteiger partial charge in [0.2, 0.25) is 6.41 Å². The third-order valence-corrected chi connectivity index (χ3v) is 5.69. The Labute approximate surface area is 204 Å². The smallest absolute Gasteiger partial charge is 0.359 e. The average molecular weight is 510 g/mol. The van der Waals surface area contributed by atoms with Gasteiger partial charge in [-0.3, -0.25) is 4.79 Å². The van der Waals surface area contributed by atoms with Crippen LogP contribution in [0.5, 0.6) is 0 Å². The van der Waals surface area contributed by atoms with Crippen LogP contribution in [0.2, 0.25) is 0 Å². The summed E-state index contributed by atoms with van der Waals surface area (Å²) in [7, 11) is 0. The maximum Gasteiger partial charge on any atom is 0.416 e. The molecule has 0 fully saturated rings. The van der Waals surface area contributed by atoms with E-state index in [2.05, 4.69) is 5.32 Å². The minimum Gasteiger partial charge on any atom is -0.359 e. The minimum absolute atomic E-state index is 0.0511. The van der Waals surface area contributed by atoms with Gasteiger partial charge in [-0.2, -0.15) is 26.3 Å². The highest BCUT2D eigenvalue weighted by atomic mass is 19.4. The van der Waals surface area contributed by atoms with E-state index in [1.54, 1.807) is 0 Å². The summed E-state index contributed by atoms with van der Waals surface area (Å²) < 4.78 is 84.9. The maximum atomic E-state index is 13.2. The highest BCUT2D eigenvalue weighted by Gasteiger charge is 2.37. The van der Waals surface area contributed by atoms with E-state index in [1.165, 1.54) is 0 Å². The topological polar surface area (TPSA) is 64.3 Å². The fourth-order valence-electron chi connectivity index (χ4n) is 4.03. The monoisotopic (exact) mass is 510 g/mol. The molecule has 3 N–H and O–H groups in total. The molecule has 0 saturated carbocycles. The second kappa shape index (κ2) is 11.6. The van der Waals surface area contributed by atoms with Crippen LogP contribution < -0.4 is 11.1 Å². The van der Waals surface area contributed by atoms with Crippen molar-refractivity contribution in [1.82, 2.24) is 5.32 Å². The molecule has 10 heteroatoms. The first-order valence-corrected chi connectivity index (χ1v) is 10.9. The predicted octanol–water partition coefficient (Wildman–Crippen LogP) is 5.72. The molecule has 0 spiro atoms. The van der Waals surface area contributed by atoms with Gasteiger partial charge in [-0.1, -0.05) is 60.7 Å². The predicted molar refractivity (Wildman–Crippen MR) is 121 cm³/mol. The molecule has 3 rings (SSSR count). The van der Waals surface area contributed by atoms with Crippen molar-refractivity contribution in [2.75, 3.05) is 6.54 Å². The van der Waals surface area contributed by atoms with Crippen molar-refractivity contribution in [3.63, 3.8) is 0 Å². The van der Waals surface area contributed by atoms with Crippen LogP contribution in [0.3, 0.4) is 0 Å². The van der Waals surface area contributed by atoms with E-state index in [0.29, 0.717) is 18.5 Å². The first-order valence-electron chi connectivity index (χ1n) is 10.9. The molecule has 0 aliphatic heterocycles. The lowest BCUT2D eigenvalue weighted by Crippen LogP contribution is -2.42. The van der Waals surface area contributed by atoms with Gasteiger partial charge in [0.1, 0.15) is 6.23 Å². The van der Waals surface area contributed by atoms with E-state index in [9.17, 15) is 31.1 Å². The average Bonchev–Trinajstić information content (AvgIpc) is 2.85. The number of benzene rings is 3. The van der Waals surface area contributed by atoms with E-state index >= 15 is 0 Å². The summed E-state index contributed by atoms with van der Waals surface area (Å²) in [6.07, 6.45) is -10.6. The minimum atomic E-state index is -4.97. The molecule has 3 aromatic carbocycles. The molecule has 0 heterocycles. The normalized spacial score (nSPS) is 13.9. The van der Waals surface area contributed by atoms with Crippen LogP contribution in [0.25, 0.3) is 0 Å². The van der Waals surface area contributed by atoms with Gasteiger partial charge in [-0.15, -0.1) is 0 Å². The van der Waals surface area contributed by atoms with E-state index in [1.807, 2.05) is 60.7 Å². The Morgan fingerprint density at radius 3 is 1.69 bits per heavy atom. The Morgan fingerprint density at radius 2 is 1.28 bits per heavy atom. The zero-order valence-electron chi connectivity index (χ0n) is 18.9. The standard InChI is InChI=1S/C26H24F6N2O2/c27-25(28,29)20-11-17(12-21(13-20)26(30,31)32)15-36-24(33)22(14-34-16-35)23(18-7-3-1-4-8-18)19-9-5-2-6-10-19/h1-13,16,22-24H,14-15,33H2,(H,34,35). The number of ether oxygens (including phenoxy) is 1. The number of carbonyl (C=O) groups excluding carboxylic acids is 1. The number of carbonyl (C=O) groups is 1. The lowest BCUT2D eigenvalue weighted by Gasteiger charge is -2.32. The van der Waals surface area contributed by atoms with Crippen molar-refractivity contribution in [3.8, 4) is 0 Å². The first kappa shape index (κ1) is 27.2. The molecule has 0 bridgehead atoms. The molecule has 36 heavy (non-hydrogen) atoms. The Balaban J connectivity index is 1.93. The van der Waals surface area contributed by atoms with Crippen LogP contribution in [0.4, 0.5) is 26.3 Å². The lowest BCUT2D eigenvalue weighted by molar-refractivity contribution is -0.143. The summed E-state index contributed by atoms with van der Waals surface area (Å²) >= 11 is 0. The number of amides is 1. The number of halogens is 6. The highest BCUT2D eigenvalue weighted by Crippen LogP contribution is 2.37. The fraction of sp³-hybridized carbons (Fsp3) is 0.269. The Morgan fingerprint density at radius 1 is 0.806 bits per heavy atom. The largest absolute Gasteiger partial charge is 0.416 e. The molecule has 1 amide bonds. The molecule has 0 radical (unpaired) electrons. The summed E-state index contributed by atoms with van der Waals surface area (Å²) in [5, 5.41) is 2.57. The van der Waals surface area contributed by atoms with Crippen molar-refractivity contribution < 1.29 is 35.9 Å². The van der Waals surface area contributed by atoms with Gasteiger partial charge in [-0.25, -0.2) is 0 Å². The fourth-order valence-corrected chi connectivity index (χ4v) is 4.03. The molecule has 192 valence electrons. The maximum absolute atomic E-state index is 13.2. The van der Waals surface area contributed by atoms with E-state index in [-0.39, 0.29) is 24.1 Å². The van der Waals surface area contributed by atoms with Gasteiger partial charge in [0.25, 0.3) is 0 Å². The first-order chi connectivity index (χ1) is 17.0. The molecule has 3 aromatic rings. The Hall–Kier alpha value is -3.37. The molecular weight excluding hydrogens is 486 g/mol. The third-order valence-electron chi connectivity index (χ3n) is 5.69. The van der Waals surface area contributed by atoms with E-state index in [4.69, 9.17) is 10.5 Å². The lowest BCUT2D eigenvalue weighted by atomic mass is 9.79. The zero-order chi connectivity index (χ0) is 26.3. The Bertz CT molecular complexity index is 1050. The van der Waals surface area contributed by atoms with Crippen LogP contribution >= 0.6 is 0 Å². The highest BCUT2D eigenvalue weighted by molar-refractivity contribution is 5.46. The van der Waals surface area contributed by atoms with E-state index in [0.717, 1.165) is 11.1 Å². The molecular formula is C26H24F6N2O2. The number of nitrogens with two attached hydrogens (primary N) is 1. The van der Waals surface area contributed by atoms with Crippen LogP contribution in [0.1, 0.15) is 33.7 Å². The molecule has 0 aromatic heterocycles. The summed E-state index contributed by atoms with van der Waals surface area (Å²) in [6, 6.07) is 19.7. The molecule has 0 aliphatic rings. The summed E-state index contributed by atoms with van der Waals surface area (Å²) in [5.41, 5.74) is 4.80. The molecule has 0 saturated heterocycles. The molecule has 0 aliphatic carbocycles. The molecule has 2 unspecified atom stereocenters. The summed E-state index contributed by atoms with van der Waals surface area (Å²) in [5.74, 6) is -0.991.